The van der Waals surface area contributed by atoms with Gasteiger partial charge in [-0.25, -0.2) is 0 Å². The predicted octanol–water partition coefficient (Wildman–Crippen LogP) is 3.38. The number of nitrogens with zero attached hydrogens (tertiary/aromatic N) is 2. The van der Waals surface area contributed by atoms with Crippen molar-refractivity contribution in [1.29, 1.82) is 0 Å². The van der Waals surface area contributed by atoms with E-state index in [2.05, 4.69) is 44.8 Å². The monoisotopic (exact) mass is 474 g/mol. The Labute approximate surface area is 176 Å². The van der Waals surface area contributed by atoms with E-state index < -0.39 is 0 Å². The molecule has 1 heterocycles. The fraction of sp³-hybridized carbons (Fsp3) is 0.650. The van der Waals surface area contributed by atoms with Crippen molar-refractivity contribution < 1.29 is 4.74 Å². The maximum Gasteiger partial charge on any atom is 0.191 e. The van der Waals surface area contributed by atoms with E-state index in [1.807, 2.05) is 7.05 Å². The van der Waals surface area contributed by atoms with Crippen LogP contribution < -0.4 is 10.6 Å². The van der Waals surface area contributed by atoms with Gasteiger partial charge in [0.25, 0.3) is 0 Å². The number of likely N-dealkylation sites (tertiary alicyclic amines) is 1. The van der Waals surface area contributed by atoms with Crippen molar-refractivity contribution in [3.05, 3.63) is 35.4 Å². The number of halogens is 1. The van der Waals surface area contributed by atoms with Crippen molar-refractivity contribution in [2.75, 3.05) is 40.4 Å². The van der Waals surface area contributed by atoms with Gasteiger partial charge in [-0.05, 0) is 56.3 Å². The van der Waals surface area contributed by atoms with Gasteiger partial charge in [0.1, 0.15) is 0 Å². The zero-order valence-corrected chi connectivity index (χ0v) is 18.6. The molecule has 148 valence electrons. The number of ether oxygens (including phenoxy) is 1. The van der Waals surface area contributed by atoms with Crippen molar-refractivity contribution in [3.63, 3.8) is 0 Å². The summed E-state index contributed by atoms with van der Waals surface area (Å²) in [6, 6.07) is 8.94. The van der Waals surface area contributed by atoms with Crippen LogP contribution in [0.4, 0.5) is 0 Å². The van der Waals surface area contributed by atoms with Crippen LogP contribution in [0.2, 0.25) is 0 Å². The number of unbranched alkanes of at least 4 members (excludes halogenated alkanes) is 2. The van der Waals surface area contributed by atoms with Gasteiger partial charge in [-0.2, -0.15) is 0 Å². The zero-order valence-electron chi connectivity index (χ0n) is 16.3. The molecule has 2 N–H and O–H groups in total. The Morgan fingerprint density at radius 3 is 2.38 bits per heavy atom. The van der Waals surface area contributed by atoms with Crippen LogP contribution in [0.5, 0.6) is 0 Å². The molecule has 1 aromatic carbocycles. The second-order valence-corrected chi connectivity index (χ2v) is 6.71. The molecule has 0 amide bonds. The van der Waals surface area contributed by atoms with Crippen LogP contribution in [0.1, 0.15) is 43.2 Å². The Kier molecular flexibility index (Phi) is 12.7. The Balaban J connectivity index is 0.00000338. The lowest BCUT2D eigenvalue weighted by atomic mass is 10.1. The SMILES string of the molecule is CN=C(NCCCCCOC)NCc1ccc(CN2CCCC2)cc1.I. The minimum Gasteiger partial charge on any atom is -0.385 e. The van der Waals surface area contributed by atoms with Crippen LogP contribution in [-0.4, -0.2) is 51.3 Å². The van der Waals surface area contributed by atoms with Gasteiger partial charge in [-0.15, -0.1) is 24.0 Å². The minimum absolute atomic E-state index is 0. The maximum atomic E-state index is 5.06. The number of guanidine groups is 1. The van der Waals surface area contributed by atoms with E-state index in [-0.39, 0.29) is 24.0 Å². The quantitative estimate of drug-likeness (QED) is 0.236. The molecule has 0 saturated carbocycles. The van der Waals surface area contributed by atoms with Gasteiger partial charge in [-0.3, -0.25) is 9.89 Å². The van der Waals surface area contributed by atoms with Crippen LogP contribution in [0.3, 0.4) is 0 Å². The highest BCUT2D eigenvalue weighted by molar-refractivity contribution is 14.0. The molecule has 0 atom stereocenters. The molecule has 1 aromatic rings. The number of methoxy groups -OCH3 is 1. The minimum atomic E-state index is 0. The highest BCUT2D eigenvalue weighted by atomic mass is 127. The summed E-state index contributed by atoms with van der Waals surface area (Å²) in [6.07, 6.45) is 6.13. The van der Waals surface area contributed by atoms with Crippen molar-refractivity contribution in [2.45, 2.75) is 45.2 Å². The van der Waals surface area contributed by atoms with Crippen molar-refractivity contribution in [1.82, 2.24) is 15.5 Å². The van der Waals surface area contributed by atoms with Gasteiger partial charge in [-0.1, -0.05) is 24.3 Å². The third-order valence-electron chi connectivity index (χ3n) is 4.63. The van der Waals surface area contributed by atoms with Gasteiger partial charge in [0.15, 0.2) is 5.96 Å². The van der Waals surface area contributed by atoms with Gasteiger partial charge < -0.3 is 15.4 Å². The van der Waals surface area contributed by atoms with Gasteiger partial charge in [0, 0.05) is 40.4 Å². The molecule has 2 rings (SSSR count). The molecular formula is C20H35IN4O. The molecule has 0 aromatic heterocycles. The van der Waals surface area contributed by atoms with E-state index in [9.17, 15) is 0 Å². The number of hydrogen-bond donors (Lipinski definition) is 2. The van der Waals surface area contributed by atoms with Crippen LogP contribution in [0, 0.1) is 0 Å². The molecule has 1 fully saturated rings. The van der Waals surface area contributed by atoms with Crippen LogP contribution in [-0.2, 0) is 17.8 Å². The van der Waals surface area contributed by atoms with Gasteiger partial charge >= 0.3 is 0 Å². The summed E-state index contributed by atoms with van der Waals surface area (Å²) >= 11 is 0. The number of nitrogens with one attached hydrogen (secondary N) is 2. The molecule has 1 aliphatic heterocycles. The largest absolute Gasteiger partial charge is 0.385 e. The second-order valence-electron chi connectivity index (χ2n) is 6.71. The van der Waals surface area contributed by atoms with Crippen LogP contribution in [0.15, 0.2) is 29.3 Å². The first kappa shape index (κ1) is 23.2. The van der Waals surface area contributed by atoms with Crippen molar-refractivity contribution >= 4 is 29.9 Å². The molecule has 5 nitrogen and oxygen atoms in total. The fourth-order valence-electron chi connectivity index (χ4n) is 3.12. The lowest BCUT2D eigenvalue weighted by molar-refractivity contribution is 0.192. The number of benzene rings is 1. The summed E-state index contributed by atoms with van der Waals surface area (Å²) in [4.78, 5) is 6.82. The maximum absolute atomic E-state index is 5.06. The highest BCUT2D eigenvalue weighted by Crippen LogP contribution is 2.13. The number of aliphatic imine (C=N–C) groups is 1. The fourth-order valence-corrected chi connectivity index (χ4v) is 3.12. The normalized spacial score (nSPS) is 14.9. The smallest absolute Gasteiger partial charge is 0.191 e. The van der Waals surface area contributed by atoms with Gasteiger partial charge in [0.05, 0.1) is 0 Å². The topological polar surface area (TPSA) is 48.9 Å². The van der Waals surface area contributed by atoms with Crippen molar-refractivity contribution in [3.8, 4) is 0 Å². The number of hydrogen-bond acceptors (Lipinski definition) is 3. The third kappa shape index (κ3) is 9.19. The average molecular weight is 474 g/mol. The molecule has 0 radical (unpaired) electrons. The predicted molar refractivity (Wildman–Crippen MR) is 120 cm³/mol. The summed E-state index contributed by atoms with van der Waals surface area (Å²) in [5, 5.41) is 6.75. The van der Waals surface area contributed by atoms with Crippen molar-refractivity contribution in [2.24, 2.45) is 4.99 Å². The van der Waals surface area contributed by atoms with E-state index in [1.165, 1.54) is 43.5 Å². The molecule has 0 bridgehead atoms. The van der Waals surface area contributed by atoms with E-state index >= 15 is 0 Å². The Bertz CT molecular complexity index is 501. The standard InChI is InChI=1S/C20H34N4O.HI/c1-21-20(22-12-4-3-7-15-25-2)23-16-18-8-10-19(11-9-18)17-24-13-5-6-14-24;/h8-11H,3-7,12-17H2,1-2H3,(H2,21,22,23);1H. The zero-order chi connectivity index (χ0) is 17.7. The lowest BCUT2D eigenvalue weighted by Crippen LogP contribution is -2.37. The first-order valence-corrected chi connectivity index (χ1v) is 9.55. The van der Waals surface area contributed by atoms with E-state index in [4.69, 9.17) is 4.74 Å². The van der Waals surface area contributed by atoms with E-state index in [1.54, 1.807) is 7.11 Å². The Hall–Kier alpha value is -0.860. The summed E-state index contributed by atoms with van der Waals surface area (Å²) in [5.74, 6) is 0.868. The molecule has 0 aliphatic carbocycles. The molecule has 26 heavy (non-hydrogen) atoms. The highest BCUT2D eigenvalue weighted by Gasteiger charge is 2.11. The Morgan fingerprint density at radius 1 is 1.04 bits per heavy atom. The summed E-state index contributed by atoms with van der Waals surface area (Å²) in [5.41, 5.74) is 2.69. The molecule has 0 spiro atoms. The second kappa shape index (κ2) is 14.2. The first-order valence-electron chi connectivity index (χ1n) is 9.55. The average Bonchev–Trinajstić information content (AvgIpc) is 3.15. The molecule has 6 heteroatoms. The summed E-state index contributed by atoms with van der Waals surface area (Å²) < 4.78 is 5.06. The van der Waals surface area contributed by atoms with Gasteiger partial charge in [0.2, 0.25) is 0 Å². The van der Waals surface area contributed by atoms with Crippen LogP contribution >= 0.6 is 24.0 Å². The summed E-state index contributed by atoms with van der Waals surface area (Å²) in [7, 11) is 3.57. The first-order chi connectivity index (χ1) is 12.3. The molecular weight excluding hydrogens is 439 g/mol. The third-order valence-corrected chi connectivity index (χ3v) is 4.63. The van der Waals surface area contributed by atoms with Crippen LogP contribution in [0.25, 0.3) is 0 Å². The van der Waals surface area contributed by atoms with E-state index in [0.717, 1.165) is 45.0 Å². The molecule has 0 unspecified atom stereocenters. The number of rotatable bonds is 10. The lowest BCUT2D eigenvalue weighted by Gasteiger charge is -2.15. The molecule has 1 saturated heterocycles. The summed E-state index contributed by atoms with van der Waals surface area (Å²) in [6.45, 7) is 6.17. The van der Waals surface area contributed by atoms with E-state index in [0.29, 0.717) is 0 Å². The Morgan fingerprint density at radius 2 is 1.73 bits per heavy atom. The molecule has 1 aliphatic rings.